The van der Waals surface area contributed by atoms with Gasteiger partial charge in [-0.05, 0) is 63.1 Å². The minimum Gasteiger partial charge on any atom is -0.318 e. The van der Waals surface area contributed by atoms with Crippen LogP contribution in [0.25, 0.3) is 5.69 Å². The second kappa shape index (κ2) is 10.2. The van der Waals surface area contributed by atoms with Gasteiger partial charge in [-0.3, -0.25) is 9.10 Å². The Bertz CT molecular complexity index is 1360. The molecule has 0 saturated carbocycles. The number of aryl methyl sites for hydroxylation is 3. The summed E-state index contributed by atoms with van der Waals surface area (Å²) in [5.41, 5.74) is 7.93. The highest BCUT2D eigenvalue weighted by Gasteiger charge is 2.23. The van der Waals surface area contributed by atoms with Crippen molar-refractivity contribution in [1.82, 2.24) is 9.99 Å². The number of halogens is 2. The Balaban J connectivity index is 1.79. The second-order valence-corrected chi connectivity index (χ2v) is 10.8. The molecule has 0 aliphatic rings. The molecule has 0 unspecified atom stereocenters. The third-order valence-corrected chi connectivity index (χ3v) is 7.25. The number of benzene rings is 2. The van der Waals surface area contributed by atoms with Crippen molar-refractivity contribution in [1.29, 1.82) is 0 Å². The Morgan fingerprint density at radius 2 is 1.71 bits per heavy atom. The maximum absolute atomic E-state index is 12.6. The Morgan fingerprint density at radius 3 is 2.29 bits per heavy atom. The van der Waals surface area contributed by atoms with E-state index in [0.29, 0.717) is 15.7 Å². The summed E-state index contributed by atoms with van der Waals surface area (Å²) in [7, 11) is -3.68. The fourth-order valence-electron chi connectivity index (χ4n) is 3.84. The number of anilines is 1. The Labute approximate surface area is 210 Å². The molecule has 34 heavy (non-hydrogen) atoms. The highest BCUT2D eigenvalue weighted by atomic mass is 35.5. The molecule has 1 aromatic heterocycles. The van der Waals surface area contributed by atoms with E-state index in [4.69, 9.17) is 23.2 Å². The van der Waals surface area contributed by atoms with Crippen LogP contribution in [-0.2, 0) is 14.8 Å². The monoisotopic (exact) mass is 520 g/mol. The average Bonchev–Trinajstić information content (AvgIpc) is 3.01. The molecule has 2 aromatic carbocycles. The summed E-state index contributed by atoms with van der Waals surface area (Å²) >= 11 is 12.2. The van der Waals surface area contributed by atoms with Gasteiger partial charge in [0.05, 0.1) is 28.2 Å². The number of amides is 1. The standard InChI is InChI=1S/C24H26Cl2N4O3S/c1-15-7-6-8-16(2)24(15)29(34(5,32)33)14-23(31)28-27-13-19-11-17(3)30(18(19)4)20-9-10-21(25)22(26)12-20/h6-13H,14H2,1-5H3,(H,28,31)/b27-13-. The van der Waals surface area contributed by atoms with Crippen LogP contribution in [0.3, 0.4) is 0 Å². The first-order valence-electron chi connectivity index (χ1n) is 10.4. The molecule has 7 nitrogen and oxygen atoms in total. The molecule has 3 rings (SSSR count). The van der Waals surface area contributed by atoms with Crippen molar-refractivity contribution < 1.29 is 13.2 Å². The molecule has 0 saturated heterocycles. The summed E-state index contributed by atoms with van der Waals surface area (Å²) in [6, 6.07) is 12.8. The first-order valence-corrected chi connectivity index (χ1v) is 13.0. The number of para-hydroxylation sites is 1. The predicted octanol–water partition coefficient (Wildman–Crippen LogP) is 4.93. The normalized spacial score (nSPS) is 11.7. The molecular weight excluding hydrogens is 495 g/mol. The summed E-state index contributed by atoms with van der Waals surface area (Å²) in [5.74, 6) is -0.553. The van der Waals surface area contributed by atoms with Crippen LogP contribution in [-0.4, -0.2) is 37.9 Å². The van der Waals surface area contributed by atoms with Crippen molar-refractivity contribution in [3.05, 3.63) is 80.6 Å². The molecule has 1 heterocycles. The van der Waals surface area contributed by atoms with Crippen LogP contribution in [0.15, 0.2) is 47.6 Å². The molecule has 0 bridgehead atoms. The third-order valence-electron chi connectivity index (χ3n) is 5.40. The molecule has 10 heteroatoms. The zero-order chi connectivity index (χ0) is 25.2. The second-order valence-electron chi connectivity index (χ2n) is 8.06. The van der Waals surface area contributed by atoms with Crippen molar-refractivity contribution >= 4 is 51.0 Å². The molecule has 1 N–H and O–H groups in total. The topological polar surface area (TPSA) is 83.8 Å². The van der Waals surface area contributed by atoms with Crippen LogP contribution >= 0.6 is 23.2 Å². The first-order chi connectivity index (χ1) is 15.9. The van der Waals surface area contributed by atoms with E-state index < -0.39 is 15.9 Å². The van der Waals surface area contributed by atoms with Gasteiger partial charge in [-0.1, -0.05) is 41.4 Å². The molecule has 0 aliphatic heterocycles. The van der Waals surface area contributed by atoms with E-state index in [1.807, 2.05) is 36.6 Å². The SMILES string of the molecule is Cc1cccc(C)c1N(CC(=O)N/N=C\c1cc(C)n(-c2ccc(Cl)c(Cl)c2)c1C)S(C)(=O)=O. The van der Waals surface area contributed by atoms with E-state index in [1.54, 1.807) is 38.1 Å². The minimum atomic E-state index is -3.68. The molecule has 0 atom stereocenters. The van der Waals surface area contributed by atoms with Gasteiger partial charge in [-0.2, -0.15) is 5.10 Å². The van der Waals surface area contributed by atoms with Gasteiger partial charge in [0.15, 0.2) is 0 Å². The van der Waals surface area contributed by atoms with Gasteiger partial charge in [0.25, 0.3) is 5.91 Å². The lowest BCUT2D eigenvalue weighted by atomic mass is 10.1. The number of hydrazone groups is 1. The molecule has 1 amide bonds. The van der Waals surface area contributed by atoms with Crippen LogP contribution in [0.4, 0.5) is 5.69 Å². The molecule has 0 fully saturated rings. The van der Waals surface area contributed by atoms with E-state index in [-0.39, 0.29) is 6.54 Å². The zero-order valence-electron chi connectivity index (χ0n) is 19.6. The summed E-state index contributed by atoms with van der Waals surface area (Å²) in [6.45, 7) is 7.09. The minimum absolute atomic E-state index is 0.385. The first kappa shape index (κ1) is 25.8. The van der Waals surface area contributed by atoms with Gasteiger partial charge >= 0.3 is 0 Å². The van der Waals surface area contributed by atoms with Crippen molar-refractivity contribution in [3.8, 4) is 5.69 Å². The van der Waals surface area contributed by atoms with Gasteiger partial charge in [-0.15, -0.1) is 0 Å². The quantitative estimate of drug-likeness (QED) is 0.353. The number of rotatable bonds is 7. The van der Waals surface area contributed by atoms with Gasteiger partial charge in [-0.25, -0.2) is 13.8 Å². The molecule has 3 aromatic rings. The van der Waals surface area contributed by atoms with Gasteiger partial charge in [0.1, 0.15) is 6.54 Å². The Morgan fingerprint density at radius 1 is 1.06 bits per heavy atom. The van der Waals surface area contributed by atoms with E-state index in [2.05, 4.69) is 10.5 Å². The van der Waals surface area contributed by atoms with E-state index in [0.717, 1.165) is 44.3 Å². The van der Waals surface area contributed by atoms with Crippen molar-refractivity contribution in [3.63, 3.8) is 0 Å². The maximum Gasteiger partial charge on any atom is 0.260 e. The van der Waals surface area contributed by atoms with E-state index in [1.165, 1.54) is 6.21 Å². The highest BCUT2D eigenvalue weighted by molar-refractivity contribution is 7.92. The largest absolute Gasteiger partial charge is 0.318 e. The van der Waals surface area contributed by atoms with Crippen LogP contribution in [0.1, 0.15) is 28.1 Å². The van der Waals surface area contributed by atoms with E-state index in [9.17, 15) is 13.2 Å². The lowest BCUT2D eigenvalue weighted by Crippen LogP contribution is -2.39. The summed E-state index contributed by atoms with van der Waals surface area (Å²) in [4.78, 5) is 12.6. The number of carbonyl (C=O) groups is 1. The predicted molar refractivity (Wildman–Crippen MR) is 139 cm³/mol. The van der Waals surface area contributed by atoms with Crippen molar-refractivity contribution in [2.24, 2.45) is 5.10 Å². The van der Waals surface area contributed by atoms with Gasteiger partial charge in [0.2, 0.25) is 10.0 Å². The number of hydrogen-bond acceptors (Lipinski definition) is 4. The number of sulfonamides is 1. The number of nitrogens with one attached hydrogen (secondary N) is 1. The maximum atomic E-state index is 12.6. The number of aromatic nitrogens is 1. The molecule has 0 radical (unpaired) electrons. The summed E-state index contributed by atoms with van der Waals surface area (Å²) in [5, 5.41) is 4.98. The Hall–Kier alpha value is -2.81. The van der Waals surface area contributed by atoms with E-state index >= 15 is 0 Å². The lowest BCUT2D eigenvalue weighted by Gasteiger charge is -2.25. The van der Waals surface area contributed by atoms with Crippen LogP contribution in [0.5, 0.6) is 0 Å². The number of carbonyl (C=O) groups excluding carboxylic acids is 1. The Kier molecular flexibility index (Phi) is 7.75. The van der Waals surface area contributed by atoms with Crippen LogP contribution < -0.4 is 9.73 Å². The fourth-order valence-corrected chi connectivity index (χ4v) is 5.10. The smallest absolute Gasteiger partial charge is 0.260 e. The summed E-state index contributed by atoms with van der Waals surface area (Å²) in [6.07, 6.45) is 2.60. The molecular formula is C24H26Cl2N4O3S. The number of nitrogens with zero attached hydrogens (tertiary/aromatic N) is 3. The van der Waals surface area contributed by atoms with Crippen LogP contribution in [0, 0.1) is 27.7 Å². The molecule has 0 aliphatic carbocycles. The van der Waals surface area contributed by atoms with Crippen molar-refractivity contribution in [2.75, 3.05) is 17.1 Å². The van der Waals surface area contributed by atoms with Crippen molar-refractivity contribution in [2.45, 2.75) is 27.7 Å². The molecule has 0 spiro atoms. The highest BCUT2D eigenvalue weighted by Crippen LogP contribution is 2.28. The van der Waals surface area contributed by atoms with Gasteiger partial charge in [0, 0.05) is 22.6 Å². The average molecular weight is 521 g/mol. The zero-order valence-corrected chi connectivity index (χ0v) is 21.9. The summed E-state index contributed by atoms with van der Waals surface area (Å²) < 4.78 is 27.9. The third kappa shape index (κ3) is 5.63. The van der Waals surface area contributed by atoms with Crippen LogP contribution in [0.2, 0.25) is 10.0 Å². The lowest BCUT2D eigenvalue weighted by molar-refractivity contribution is -0.119. The number of hydrogen-bond donors (Lipinski definition) is 1. The fraction of sp³-hybridized carbons (Fsp3) is 0.250. The van der Waals surface area contributed by atoms with Gasteiger partial charge < -0.3 is 4.57 Å². The molecule has 180 valence electrons.